The molecule has 11 rings (SSSR count). The predicted molar refractivity (Wildman–Crippen MR) is 245 cm³/mol. The molecule has 1 heterocycles. The summed E-state index contributed by atoms with van der Waals surface area (Å²) in [6, 6.07) is 52.4. The van der Waals surface area contributed by atoms with Gasteiger partial charge in [-0.25, -0.2) is 0 Å². The first-order valence-electron chi connectivity index (χ1n) is 23.2. The fourth-order valence-corrected chi connectivity index (χ4v) is 7.98. The third kappa shape index (κ3) is 5.91. The summed E-state index contributed by atoms with van der Waals surface area (Å²) < 4.78 is 83.8. The number of anilines is 3. The molecule has 0 N–H and O–H groups in total. The van der Waals surface area contributed by atoms with E-state index in [0.717, 1.165) is 49.0 Å². The number of hydrogen-bond donors (Lipinski definition) is 0. The molecule has 0 saturated heterocycles. The van der Waals surface area contributed by atoms with Gasteiger partial charge in [0, 0.05) is 33.1 Å². The third-order valence-corrected chi connectivity index (χ3v) is 10.8. The molecule has 272 valence electrons. The van der Waals surface area contributed by atoms with E-state index in [1.807, 2.05) is 152 Å². The van der Waals surface area contributed by atoms with E-state index in [0.29, 0.717) is 33.5 Å². The molecule has 0 bridgehead atoms. The number of furan rings is 1. The SMILES string of the molecule is [2H]c1c([2H])c(N(c2ccccc2-c2cccc3oc4c5ccccc5ccc4c23)c2c([2H])c([2H])c(-c3ccc4ccccc4c3)c([2H])c2[2H])c([2H])c([2H])c1-c1cccc(-c2ccccc2)c1. The van der Waals surface area contributed by atoms with Crippen molar-refractivity contribution in [3.8, 4) is 44.5 Å². The van der Waals surface area contributed by atoms with Crippen LogP contribution in [0.5, 0.6) is 0 Å². The molecule has 58 heavy (non-hydrogen) atoms. The summed E-state index contributed by atoms with van der Waals surface area (Å²) in [4.78, 5) is 1.39. The van der Waals surface area contributed by atoms with E-state index in [2.05, 4.69) is 0 Å². The first-order valence-corrected chi connectivity index (χ1v) is 19.2. The fraction of sp³-hybridized carbons (Fsp3) is 0. The van der Waals surface area contributed by atoms with E-state index in [1.165, 1.54) is 4.90 Å². The Balaban J connectivity index is 1.19. The summed E-state index contributed by atoms with van der Waals surface area (Å²) >= 11 is 0. The molecule has 0 aliphatic rings. The molecule has 0 saturated carbocycles. The highest BCUT2D eigenvalue weighted by atomic mass is 16.3. The number of benzene rings is 10. The Morgan fingerprint density at radius 1 is 0.362 bits per heavy atom. The second-order valence-electron chi connectivity index (χ2n) is 14.3. The van der Waals surface area contributed by atoms with Crippen molar-refractivity contribution in [1.82, 2.24) is 0 Å². The minimum atomic E-state index is -0.417. The summed E-state index contributed by atoms with van der Waals surface area (Å²) in [5.41, 5.74) is 5.44. The van der Waals surface area contributed by atoms with Gasteiger partial charge in [0.1, 0.15) is 11.2 Å². The van der Waals surface area contributed by atoms with E-state index < -0.39 is 24.2 Å². The number of hydrogen-bond acceptors (Lipinski definition) is 2. The zero-order valence-electron chi connectivity index (χ0n) is 39.1. The van der Waals surface area contributed by atoms with Gasteiger partial charge in [0.25, 0.3) is 0 Å². The molecule has 0 amide bonds. The van der Waals surface area contributed by atoms with Crippen molar-refractivity contribution < 1.29 is 15.4 Å². The van der Waals surface area contributed by atoms with Crippen molar-refractivity contribution >= 4 is 60.5 Å². The van der Waals surface area contributed by atoms with Gasteiger partial charge >= 0.3 is 0 Å². The minimum absolute atomic E-state index is 0.0906. The van der Waals surface area contributed by atoms with Crippen LogP contribution in [0.4, 0.5) is 17.1 Å². The topological polar surface area (TPSA) is 16.4 Å². The van der Waals surface area contributed by atoms with Crippen LogP contribution in [0.1, 0.15) is 11.0 Å². The number of fused-ring (bicyclic) bond motifs is 6. The summed E-state index contributed by atoms with van der Waals surface area (Å²) in [6.45, 7) is 0. The van der Waals surface area contributed by atoms with Crippen LogP contribution in [-0.4, -0.2) is 0 Å². The Bertz CT molecular complexity index is 3710. The molecule has 11 aromatic rings. The van der Waals surface area contributed by atoms with Crippen molar-refractivity contribution in [3.63, 3.8) is 0 Å². The van der Waals surface area contributed by atoms with Gasteiger partial charge in [0.05, 0.1) is 16.7 Å². The molecular weight excluding hydrogens is 703 g/mol. The van der Waals surface area contributed by atoms with E-state index in [9.17, 15) is 11.0 Å². The van der Waals surface area contributed by atoms with Gasteiger partial charge in [-0.3, -0.25) is 0 Å². The van der Waals surface area contributed by atoms with Crippen LogP contribution in [0.15, 0.2) is 229 Å². The maximum Gasteiger partial charge on any atom is 0.143 e. The average Bonchev–Trinajstić information content (AvgIpc) is 3.75. The largest absolute Gasteiger partial charge is 0.455 e. The van der Waals surface area contributed by atoms with Crippen molar-refractivity contribution in [1.29, 1.82) is 0 Å². The normalized spacial score (nSPS) is 13.4. The quantitative estimate of drug-likeness (QED) is 0.161. The molecule has 10 aromatic carbocycles. The van der Waals surface area contributed by atoms with Gasteiger partial charge < -0.3 is 9.32 Å². The molecular formula is C56H37NO. The van der Waals surface area contributed by atoms with Crippen LogP contribution in [-0.2, 0) is 0 Å². The average molecular weight is 748 g/mol. The number of nitrogens with zero attached hydrogens (tertiary/aromatic N) is 1. The molecule has 0 fully saturated rings. The predicted octanol–water partition coefficient (Wildman–Crippen LogP) is 16.0. The van der Waals surface area contributed by atoms with Crippen LogP contribution < -0.4 is 4.90 Å². The molecule has 0 spiro atoms. The standard InChI is InChI=1S/C56H37NO/c1-2-12-38(13-3-1)44-17-10-18-45(36-44)40-26-31-47(32-27-40)57(48-33-28-41(29-34-48)46-25-24-39-14-4-5-16-43(39)37-46)53-22-9-8-20-50(53)51-21-11-23-54-55(51)52-35-30-42-15-6-7-19-49(42)56(52)58-54/h1-37H/i26D,27D,28D,29D,31D,32D,33D,34D. The second-order valence-corrected chi connectivity index (χ2v) is 14.3. The Labute approximate surface area is 348 Å². The van der Waals surface area contributed by atoms with Gasteiger partial charge in [-0.2, -0.15) is 0 Å². The molecule has 0 radical (unpaired) electrons. The van der Waals surface area contributed by atoms with Crippen LogP contribution >= 0.6 is 0 Å². The lowest BCUT2D eigenvalue weighted by molar-refractivity contribution is 0.673. The molecule has 1 aromatic heterocycles. The highest BCUT2D eigenvalue weighted by molar-refractivity contribution is 6.19. The molecule has 0 aliphatic carbocycles. The lowest BCUT2D eigenvalue weighted by Crippen LogP contribution is -2.11. The van der Waals surface area contributed by atoms with Gasteiger partial charge in [-0.15, -0.1) is 0 Å². The maximum atomic E-state index is 9.77. The summed E-state index contributed by atoms with van der Waals surface area (Å²) in [5, 5.41) is 5.45. The monoisotopic (exact) mass is 747 g/mol. The van der Waals surface area contributed by atoms with Crippen molar-refractivity contribution in [2.75, 3.05) is 4.90 Å². The smallest absolute Gasteiger partial charge is 0.143 e. The van der Waals surface area contributed by atoms with Gasteiger partial charge in [0.15, 0.2) is 0 Å². The van der Waals surface area contributed by atoms with Crippen LogP contribution in [0.3, 0.4) is 0 Å². The van der Waals surface area contributed by atoms with Gasteiger partial charge in [-0.1, -0.05) is 170 Å². The third-order valence-electron chi connectivity index (χ3n) is 10.8. The van der Waals surface area contributed by atoms with Crippen LogP contribution in [0, 0.1) is 0 Å². The summed E-state index contributed by atoms with van der Waals surface area (Å²) in [7, 11) is 0. The second kappa shape index (κ2) is 14.1. The Morgan fingerprint density at radius 3 is 1.71 bits per heavy atom. The Morgan fingerprint density at radius 2 is 0.931 bits per heavy atom. The Hall–Kier alpha value is -7.68. The lowest BCUT2D eigenvalue weighted by atomic mass is 9.95. The number of para-hydroxylation sites is 1. The molecule has 2 nitrogen and oxygen atoms in total. The zero-order chi connectivity index (χ0) is 45.4. The minimum Gasteiger partial charge on any atom is -0.455 e. The first-order chi connectivity index (χ1) is 32.1. The molecule has 0 atom stereocenters. The van der Waals surface area contributed by atoms with E-state index in [1.54, 1.807) is 24.3 Å². The fourth-order valence-electron chi connectivity index (χ4n) is 7.98. The van der Waals surface area contributed by atoms with E-state index in [-0.39, 0.29) is 46.7 Å². The summed E-state index contributed by atoms with van der Waals surface area (Å²) in [6.07, 6.45) is 0. The van der Waals surface area contributed by atoms with Crippen molar-refractivity contribution in [2.24, 2.45) is 0 Å². The molecule has 0 unspecified atom stereocenters. The van der Waals surface area contributed by atoms with Gasteiger partial charge in [0.2, 0.25) is 0 Å². The van der Waals surface area contributed by atoms with E-state index >= 15 is 0 Å². The highest BCUT2D eigenvalue weighted by Crippen LogP contribution is 2.46. The highest BCUT2D eigenvalue weighted by Gasteiger charge is 2.21. The Kier molecular flexibility index (Phi) is 6.38. The van der Waals surface area contributed by atoms with Crippen LogP contribution in [0.25, 0.3) is 88.0 Å². The maximum absolute atomic E-state index is 9.77. The first kappa shape index (κ1) is 26.2. The van der Waals surface area contributed by atoms with Crippen molar-refractivity contribution in [2.45, 2.75) is 0 Å². The summed E-state index contributed by atoms with van der Waals surface area (Å²) in [5.74, 6) is 0. The van der Waals surface area contributed by atoms with Gasteiger partial charge in [-0.05, 0) is 110 Å². The van der Waals surface area contributed by atoms with Crippen molar-refractivity contribution in [3.05, 3.63) is 224 Å². The van der Waals surface area contributed by atoms with E-state index in [4.69, 9.17) is 4.42 Å². The number of rotatable bonds is 7. The lowest BCUT2D eigenvalue weighted by Gasteiger charge is -2.28. The zero-order valence-corrected chi connectivity index (χ0v) is 31.1. The van der Waals surface area contributed by atoms with Crippen LogP contribution in [0.2, 0.25) is 0 Å². The molecule has 0 aliphatic heterocycles. The molecule has 2 heteroatoms.